The molecule has 0 nitrogen and oxygen atoms in total. The van der Waals surface area contributed by atoms with Gasteiger partial charge in [0.1, 0.15) is 0 Å². The summed E-state index contributed by atoms with van der Waals surface area (Å²) in [7, 11) is 11.0. The average molecular weight is 771 g/mol. The van der Waals surface area contributed by atoms with Crippen LogP contribution in [-0.4, -0.2) is 9.52 Å². The van der Waals surface area contributed by atoms with Crippen molar-refractivity contribution in [2.75, 3.05) is 0 Å². The van der Waals surface area contributed by atoms with Crippen LogP contribution < -0.4 is 0 Å². The molecule has 0 aliphatic rings. The number of aryl methyl sites for hydroxylation is 1. The van der Waals surface area contributed by atoms with Crippen molar-refractivity contribution in [3.05, 3.63) is 131 Å². The fraction of sp³-hybridized carbons (Fsp3) is 0.318. The molecule has 0 bridgehead atoms. The summed E-state index contributed by atoms with van der Waals surface area (Å²) in [5.41, 5.74) is 11.1. The van der Waals surface area contributed by atoms with Gasteiger partial charge in [0.25, 0.3) is 0 Å². The number of benzene rings is 4. The van der Waals surface area contributed by atoms with Crippen LogP contribution in [0.2, 0.25) is 13.1 Å². The van der Waals surface area contributed by atoms with Gasteiger partial charge in [-0.1, -0.05) is 140 Å². The third-order valence-corrected chi connectivity index (χ3v) is 8.80. The zero-order valence-corrected chi connectivity index (χ0v) is 35.5. The van der Waals surface area contributed by atoms with Gasteiger partial charge in [0, 0.05) is 9.52 Å². The third kappa shape index (κ3) is 10.9. The van der Waals surface area contributed by atoms with Crippen LogP contribution in [0.4, 0.5) is 0 Å². The van der Waals surface area contributed by atoms with Crippen LogP contribution in [0.25, 0.3) is 43.8 Å². The summed E-state index contributed by atoms with van der Waals surface area (Å²) in [4.78, 5) is 0. The minimum absolute atomic E-state index is 0.204. The summed E-state index contributed by atoms with van der Waals surface area (Å²) in [6, 6.07) is 40.5. The number of halogens is 2. The normalized spacial score (nSPS) is 11.5. The number of fused-ring (bicyclic) bond motifs is 2. The van der Waals surface area contributed by atoms with Gasteiger partial charge >= 0.3 is 37.9 Å². The first-order valence-corrected chi connectivity index (χ1v) is 25.3. The second-order valence-corrected chi connectivity index (χ2v) is 18.7. The van der Waals surface area contributed by atoms with Crippen LogP contribution >= 0.6 is 17.0 Å². The predicted molar refractivity (Wildman–Crippen MR) is 215 cm³/mol. The Morgan fingerprint density at radius 1 is 0.708 bits per heavy atom. The summed E-state index contributed by atoms with van der Waals surface area (Å²) in [5, 5.41) is 5.42. The van der Waals surface area contributed by atoms with Gasteiger partial charge < -0.3 is 0 Å². The van der Waals surface area contributed by atoms with Crippen LogP contribution in [0.15, 0.2) is 109 Å². The van der Waals surface area contributed by atoms with E-state index in [4.69, 9.17) is 17.0 Å². The summed E-state index contributed by atoms with van der Waals surface area (Å²) < 4.78 is 0. The predicted octanol–water partition coefficient (Wildman–Crippen LogP) is 14.9. The van der Waals surface area contributed by atoms with Gasteiger partial charge in [-0.2, -0.15) is 12.1 Å². The minimum atomic E-state index is -0.826. The first-order valence-electron chi connectivity index (χ1n) is 17.0. The van der Waals surface area contributed by atoms with Crippen molar-refractivity contribution in [1.82, 2.24) is 0 Å². The first kappa shape index (κ1) is 40.2. The van der Waals surface area contributed by atoms with E-state index in [0.29, 0.717) is 11.8 Å². The Kier molecular flexibility index (Phi) is 16.1. The molecule has 0 aliphatic carbocycles. The standard InChI is InChI=1S/C22H25.C20H21.C2H6Si.2ClH.Zr/c1-15(2)18-13-17-7-6-8-20(21(17)14-18)16-9-11-19(12-10-16)22(3,4)5;1-4-15(3)16-8-10-17(11-9-16)19-7-5-6-18-12-14(2)13-20(18)19;1-3-2;;;/h6-15H,1-5H3;5-13,15H,4H2,1-3H3;1-2H3;2*1H;/q2*-1;;;;+4/p-2. The van der Waals surface area contributed by atoms with E-state index in [0.717, 1.165) is 9.52 Å². The molecule has 0 aliphatic heterocycles. The summed E-state index contributed by atoms with van der Waals surface area (Å²) >= 11 is -0.826. The average Bonchev–Trinajstić information content (AvgIpc) is 3.68. The van der Waals surface area contributed by atoms with E-state index in [9.17, 15) is 0 Å². The Bertz CT molecular complexity index is 1820. The van der Waals surface area contributed by atoms with E-state index in [-0.39, 0.29) is 5.41 Å². The summed E-state index contributed by atoms with van der Waals surface area (Å²) in [5.74, 6) is 1.21. The molecule has 0 heterocycles. The Labute approximate surface area is 312 Å². The Balaban J connectivity index is 0.000000225. The molecule has 6 rings (SSSR count). The number of hydrogen-bond acceptors (Lipinski definition) is 0. The molecule has 2 radical (unpaired) electrons. The van der Waals surface area contributed by atoms with Crippen LogP contribution in [0.5, 0.6) is 0 Å². The molecule has 0 saturated heterocycles. The second kappa shape index (κ2) is 19.2. The molecule has 0 fully saturated rings. The van der Waals surface area contributed by atoms with Crippen molar-refractivity contribution in [1.29, 1.82) is 0 Å². The Morgan fingerprint density at radius 3 is 1.62 bits per heavy atom. The van der Waals surface area contributed by atoms with Gasteiger partial charge in [0.05, 0.1) is 0 Å². The van der Waals surface area contributed by atoms with Crippen molar-refractivity contribution in [2.45, 2.75) is 92.2 Å². The monoisotopic (exact) mass is 768 g/mol. The maximum atomic E-state index is 4.93. The first-order chi connectivity index (χ1) is 22.9. The molecule has 4 heteroatoms. The Morgan fingerprint density at radius 2 is 1.17 bits per heavy atom. The molecular formula is C44H52Cl2SiZr. The molecule has 6 aromatic rings. The fourth-order valence-corrected chi connectivity index (χ4v) is 5.86. The van der Waals surface area contributed by atoms with E-state index >= 15 is 0 Å². The molecule has 0 amide bonds. The topological polar surface area (TPSA) is 0 Å². The van der Waals surface area contributed by atoms with Crippen molar-refractivity contribution in [3.63, 3.8) is 0 Å². The van der Waals surface area contributed by atoms with Crippen LogP contribution in [0, 0.1) is 6.92 Å². The molecule has 6 aromatic carbocycles. The van der Waals surface area contributed by atoms with Crippen LogP contribution in [0.1, 0.15) is 89.0 Å². The van der Waals surface area contributed by atoms with Crippen molar-refractivity contribution in [2.24, 2.45) is 0 Å². The Hall–Kier alpha value is -2.22. The van der Waals surface area contributed by atoms with E-state index in [1.807, 2.05) is 0 Å². The SMILES string of the molecule is CC(C)c1cc2c(-c3ccc(C(C)(C)C)cc3)cccc2[cH-]1.CCC(C)c1ccc(-c2cccc3[cH-]c(C)cc23)cc1.C[Si]C.[Cl][Zr+2][Cl]. The molecule has 0 aromatic heterocycles. The van der Waals surface area contributed by atoms with Gasteiger partial charge in [-0.05, 0) is 45.9 Å². The molecule has 0 saturated carbocycles. The van der Waals surface area contributed by atoms with Crippen molar-refractivity contribution in [3.8, 4) is 22.3 Å². The molecular weight excluding hydrogens is 719 g/mol. The summed E-state index contributed by atoms with van der Waals surface area (Å²) in [6.45, 7) is 22.3. The fourth-order valence-electron chi connectivity index (χ4n) is 5.86. The van der Waals surface area contributed by atoms with Gasteiger partial charge in [-0.25, -0.2) is 0 Å². The zero-order valence-electron chi connectivity index (χ0n) is 30.5. The quantitative estimate of drug-likeness (QED) is 0.121. The van der Waals surface area contributed by atoms with Gasteiger partial charge in [-0.3, -0.25) is 0 Å². The second-order valence-electron chi connectivity index (χ2n) is 13.9. The molecule has 0 N–H and O–H groups in total. The molecule has 1 unspecified atom stereocenters. The molecule has 250 valence electrons. The van der Waals surface area contributed by atoms with E-state index < -0.39 is 20.8 Å². The van der Waals surface area contributed by atoms with Crippen molar-refractivity contribution >= 4 is 48.1 Å². The number of hydrogen-bond donors (Lipinski definition) is 0. The zero-order chi connectivity index (χ0) is 35.4. The van der Waals surface area contributed by atoms with Crippen molar-refractivity contribution < 1.29 is 20.8 Å². The van der Waals surface area contributed by atoms with Crippen LogP contribution in [0.3, 0.4) is 0 Å². The van der Waals surface area contributed by atoms with Crippen LogP contribution in [-0.2, 0) is 26.3 Å². The summed E-state index contributed by atoms with van der Waals surface area (Å²) in [6.07, 6.45) is 1.19. The van der Waals surface area contributed by atoms with E-state index in [1.54, 1.807) is 0 Å². The van der Waals surface area contributed by atoms with Gasteiger partial charge in [-0.15, -0.1) is 69.1 Å². The molecule has 48 heavy (non-hydrogen) atoms. The molecule has 0 spiro atoms. The van der Waals surface area contributed by atoms with E-state index in [2.05, 4.69) is 178 Å². The van der Waals surface area contributed by atoms with Gasteiger partial charge in [0.15, 0.2) is 0 Å². The number of rotatable bonds is 5. The molecule has 1 atom stereocenters. The maximum absolute atomic E-state index is 4.93. The van der Waals surface area contributed by atoms with Gasteiger partial charge in [0.2, 0.25) is 0 Å². The third-order valence-electron chi connectivity index (χ3n) is 8.80. The van der Waals surface area contributed by atoms with E-state index in [1.165, 1.54) is 72.5 Å².